The standard InChI is InChI=1S/C21H41NOS/c1-4-5-6-7-8-9-10-11-12-13-14-15-16-17-18-19-24-21(23)20-22(2)3/h8-9,11-12,21,23H,4-7,10,13-20H2,1-3H3. The van der Waals surface area contributed by atoms with Crippen LogP contribution in [0, 0.1) is 0 Å². The van der Waals surface area contributed by atoms with E-state index in [1.165, 1.54) is 64.2 Å². The number of hydrogen-bond acceptors (Lipinski definition) is 3. The summed E-state index contributed by atoms with van der Waals surface area (Å²) < 4.78 is 0. The zero-order valence-electron chi connectivity index (χ0n) is 16.4. The first kappa shape index (κ1) is 23.8. The van der Waals surface area contributed by atoms with Crippen LogP contribution in [0.3, 0.4) is 0 Å². The van der Waals surface area contributed by atoms with Crippen molar-refractivity contribution >= 4 is 11.8 Å². The van der Waals surface area contributed by atoms with E-state index in [9.17, 15) is 5.11 Å². The van der Waals surface area contributed by atoms with E-state index >= 15 is 0 Å². The van der Waals surface area contributed by atoms with E-state index in [1.54, 1.807) is 11.8 Å². The number of aliphatic hydroxyl groups is 1. The molecule has 0 aromatic rings. The van der Waals surface area contributed by atoms with Crippen molar-refractivity contribution in [2.24, 2.45) is 0 Å². The number of rotatable bonds is 17. The van der Waals surface area contributed by atoms with Gasteiger partial charge in [0, 0.05) is 6.54 Å². The Labute approximate surface area is 155 Å². The molecule has 0 aliphatic heterocycles. The molecule has 0 aliphatic carbocycles. The van der Waals surface area contributed by atoms with Gasteiger partial charge in [0.2, 0.25) is 0 Å². The van der Waals surface area contributed by atoms with Crippen molar-refractivity contribution in [3.63, 3.8) is 0 Å². The topological polar surface area (TPSA) is 23.5 Å². The maximum Gasteiger partial charge on any atom is 0.112 e. The van der Waals surface area contributed by atoms with E-state index in [1.807, 2.05) is 19.0 Å². The first-order valence-electron chi connectivity index (χ1n) is 9.91. The molecule has 2 nitrogen and oxygen atoms in total. The van der Waals surface area contributed by atoms with Crippen LogP contribution in [0.2, 0.25) is 0 Å². The van der Waals surface area contributed by atoms with Crippen molar-refractivity contribution in [1.29, 1.82) is 0 Å². The van der Waals surface area contributed by atoms with Crippen molar-refractivity contribution < 1.29 is 5.11 Å². The quantitative estimate of drug-likeness (QED) is 0.196. The van der Waals surface area contributed by atoms with Gasteiger partial charge in [-0.05, 0) is 58.4 Å². The van der Waals surface area contributed by atoms with E-state index in [-0.39, 0.29) is 5.44 Å². The monoisotopic (exact) mass is 355 g/mol. The summed E-state index contributed by atoms with van der Waals surface area (Å²) in [7, 11) is 4.00. The third kappa shape index (κ3) is 19.8. The zero-order chi connectivity index (χ0) is 17.9. The van der Waals surface area contributed by atoms with Crippen molar-refractivity contribution in [3.8, 4) is 0 Å². The highest BCUT2D eigenvalue weighted by Gasteiger charge is 2.04. The summed E-state index contributed by atoms with van der Waals surface area (Å²) in [5, 5.41) is 9.74. The first-order valence-corrected chi connectivity index (χ1v) is 11.0. The van der Waals surface area contributed by atoms with Crippen LogP contribution in [-0.2, 0) is 0 Å². The van der Waals surface area contributed by atoms with E-state index in [2.05, 4.69) is 31.2 Å². The van der Waals surface area contributed by atoms with Crippen LogP contribution in [-0.4, -0.2) is 41.8 Å². The van der Waals surface area contributed by atoms with Gasteiger partial charge in [-0.15, -0.1) is 11.8 Å². The number of unbranched alkanes of at least 4 members (excludes halogenated alkanes) is 8. The number of hydrogen-bond donors (Lipinski definition) is 1. The highest BCUT2D eigenvalue weighted by Crippen LogP contribution is 2.13. The molecule has 142 valence electrons. The molecule has 0 heterocycles. The number of nitrogens with zero attached hydrogens (tertiary/aromatic N) is 1. The molecule has 0 saturated carbocycles. The number of likely N-dealkylation sites (N-methyl/N-ethyl adjacent to an activating group) is 1. The molecule has 3 heteroatoms. The normalized spacial score (nSPS) is 13.5. The number of aliphatic hydroxyl groups excluding tert-OH is 1. The molecule has 0 aromatic carbocycles. The number of thioether (sulfide) groups is 1. The smallest absolute Gasteiger partial charge is 0.112 e. The summed E-state index contributed by atoms with van der Waals surface area (Å²) in [6.07, 6.45) is 23.3. The van der Waals surface area contributed by atoms with Gasteiger partial charge in [-0.25, -0.2) is 0 Å². The molecule has 0 amide bonds. The molecule has 0 radical (unpaired) electrons. The fraction of sp³-hybridized carbons (Fsp3) is 0.810. The summed E-state index contributed by atoms with van der Waals surface area (Å²) >= 11 is 1.69. The second kappa shape index (κ2) is 19.1. The highest BCUT2D eigenvalue weighted by molar-refractivity contribution is 7.99. The van der Waals surface area contributed by atoms with Crippen LogP contribution in [0.1, 0.15) is 77.6 Å². The van der Waals surface area contributed by atoms with Gasteiger partial charge in [-0.1, -0.05) is 63.3 Å². The fourth-order valence-corrected chi connectivity index (χ4v) is 3.54. The van der Waals surface area contributed by atoms with E-state index < -0.39 is 0 Å². The van der Waals surface area contributed by atoms with Crippen molar-refractivity contribution in [3.05, 3.63) is 24.3 Å². The highest BCUT2D eigenvalue weighted by atomic mass is 32.2. The summed E-state index contributed by atoms with van der Waals surface area (Å²) in [6, 6.07) is 0. The minimum atomic E-state index is -0.231. The Hall–Kier alpha value is -0.250. The molecule has 0 fully saturated rings. The largest absolute Gasteiger partial charge is 0.381 e. The van der Waals surface area contributed by atoms with Crippen LogP contribution < -0.4 is 0 Å². The van der Waals surface area contributed by atoms with Gasteiger partial charge < -0.3 is 10.0 Å². The van der Waals surface area contributed by atoms with E-state index in [0.717, 1.165) is 18.7 Å². The molecule has 1 atom stereocenters. The predicted octanol–water partition coefficient (Wildman–Crippen LogP) is 6.02. The third-order valence-electron chi connectivity index (χ3n) is 3.93. The van der Waals surface area contributed by atoms with E-state index in [0.29, 0.717) is 0 Å². The van der Waals surface area contributed by atoms with Crippen molar-refractivity contribution in [1.82, 2.24) is 4.90 Å². The van der Waals surface area contributed by atoms with Crippen LogP contribution in [0.5, 0.6) is 0 Å². The summed E-state index contributed by atoms with van der Waals surface area (Å²) in [5.74, 6) is 1.08. The van der Waals surface area contributed by atoms with Gasteiger partial charge in [0.05, 0.1) is 0 Å². The molecular formula is C21H41NOS. The summed E-state index contributed by atoms with van der Waals surface area (Å²) in [4.78, 5) is 2.04. The van der Waals surface area contributed by atoms with Crippen molar-refractivity contribution in [2.45, 2.75) is 83.0 Å². The fourth-order valence-electron chi connectivity index (χ4n) is 2.50. The van der Waals surface area contributed by atoms with Crippen LogP contribution >= 0.6 is 11.8 Å². The van der Waals surface area contributed by atoms with Gasteiger partial charge in [-0.2, -0.15) is 0 Å². The average Bonchev–Trinajstić information content (AvgIpc) is 2.53. The minimum absolute atomic E-state index is 0.231. The molecule has 24 heavy (non-hydrogen) atoms. The van der Waals surface area contributed by atoms with Crippen molar-refractivity contribution in [2.75, 3.05) is 26.4 Å². The van der Waals surface area contributed by atoms with Crippen LogP contribution in [0.25, 0.3) is 0 Å². The molecular weight excluding hydrogens is 314 g/mol. The van der Waals surface area contributed by atoms with Crippen LogP contribution in [0.4, 0.5) is 0 Å². The van der Waals surface area contributed by atoms with Gasteiger partial charge in [0.25, 0.3) is 0 Å². The van der Waals surface area contributed by atoms with Gasteiger partial charge in [-0.3, -0.25) is 0 Å². The molecule has 0 saturated heterocycles. The first-order chi connectivity index (χ1) is 11.7. The van der Waals surface area contributed by atoms with Crippen LogP contribution in [0.15, 0.2) is 24.3 Å². The second-order valence-corrected chi connectivity index (χ2v) is 8.10. The lowest BCUT2D eigenvalue weighted by Gasteiger charge is -2.15. The predicted molar refractivity (Wildman–Crippen MR) is 112 cm³/mol. The Morgan fingerprint density at radius 3 is 2.04 bits per heavy atom. The molecule has 0 rings (SSSR count). The van der Waals surface area contributed by atoms with Gasteiger partial charge >= 0.3 is 0 Å². The van der Waals surface area contributed by atoms with Gasteiger partial charge in [0.15, 0.2) is 0 Å². The Kier molecular flexibility index (Phi) is 18.9. The third-order valence-corrected chi connectivity index (χ3v) is 4.98. The Morgan fingerprint density at radius 1 is 0.833 bits per heavy atom. The molecule has 0 aliphatic rings. The summed E-state index contributed by atoms with van der Waals surface area (Å²) in [5.41, 5.74) is -0.231. The molecule has 0 bridgehead atoms. The molecule has 1 unspecified atom stereocenters. The van der Waals surface area contributed by atoms with Gasteiger partial charge in [0.1, 0.15) is 5.44 Å². The van der Waals surface area contributed by atoms with E-state index in [4.69, 9.17) is 0 Å². The lowest BCUT2D eigenvalue weighted by atomic mass is 10.1. The summed E-state index contributed by atoms with van der Waals surface area (Å²) in [6.45, 7) is 3.01. The lowest BCUT2D eigenvalue weighted by Crippen LogP contribution is -2.23. The maximum atomic E-state index is 9.74. The molecule has 1 N–H and O–H groups in total. The Bertz CT molecular complexity index is 302. The average molecular weight is 356 g/mol. The Balaban J connectivity index is 3.23. The zero-order valence-corrected chi connectivity index (χ0v) is 17.2. The SMILES string of the molecule is CCCCCC=CCC=CCCCCCCCSC(O)CN(C)C. The molecule has 0 spiro atoms. The second-order valence-electron chi connectivity index (χ2n) is 6.82. The Morgan fingerprint density at radius 2 is 1.42 bits per heavy atom. The lowest BCUT2D eigenvalue weighted by molar-refractivity contribution is 0.212. The molecule has 0 aromatic heterocycles. The number of allylic oxidation sites excluding steroid dienone is 4. The minimum Gasteiger partial charge on any atom is -0.381 e. The maximum absolute atomic E-state index is 9.74.